The Hall–Kier alpha value is -3.81. The van der Waals surface area contributed by atoms with E-state index in [0.717, 1.165) is 28.1 Å². The molecular formula is C25H25FN6O. The molecule has 0 spiro atoms. The normalized spacial score (nSPS) is 14.2. The summed E-state index contributed by atoms with van der Waals surface area (Å²) in [6.07, 6.45) is 1.81. The molecule has 4 aromatic rings. The van der Waals surface area contributed by atoms with E-state index in [1.807, 2.05) is 17.8 Å². The van der Waals surface area contributed by atoms with Crippen LogP contribution in [0.4, 0.5) is 10.2 Å². The molecule has 168 valence electrons. The second kappa shape index (κ2) is 8.27. The van der Waals surface area contributed by atoms with Gasteiger partial charge in [-0.3, -0.25) is 4.79 Å². The van der Waals surface area contributed by atoms with E-state index in [1.54, 1.807) is 17.0 Å². The van der Waals surface area contributed by atoms with Crippen LogP contribution < -0.4 is 4.90 Å². The van der Waals surface area contributed by atoms with Crippen LogP contribution in [-0.2, 0) is 0 Å². The summed E-state index contributed by atoms with van der Waals surface area (Å²) in [6, 6.07) is 12.1. The minimum Gasteiger partial charge on any atom is -0.352 e. The summed E-state index contributed by atoms with van der Waals surface area (Å²) in [7, 11) is 0. The number of rotatable bonds is 3. The monoisotopic (exact) mass is 444 g/mol. The van der Waals surface area contributed by atoms with Crippen LogP contribution in [0.5, 0.6) is 0 Å². The first-order valence-electron chi connectivity index (χ1n) is 11.0. The average Bonchev–Trinajstić information content (AvgIpc) is 3.21. The number of fused-ring (bicyclic) bond motifs is 1. The van der Waals surface area contributed by atoms with Crippen LogP contribution in [0.3, 0.4) is 0 Å². The topological polar surface area (TPSA) is 67.2 Å². The van der Waals surface area contributed by atoms with E-state index in [1.165, 1.54) is 17.7 Å². The summed E-state index contributed by atoms with van der Waals surface area (Å²) in [5, 5.41) is 5.51. The lowest BCUT2D eigenvalue weighted by Gasteiger charge is -2.35. The number of piperazine rings is 1. The van der Waals surface area contributed by atoms with Crippen molar-refractivity contribution in [1.29, 1.82) is 0 Å². The minimum atomic E-state index is -0.404. The first-order valence-corrected chi connectivity index (χ1v) is 11.0. The molecule has 0 saturated carbocycles. The Morgan fingerprint density at radius 3 is 2.48 bits per heavy atom. The molecule has 5 rings (SSSR count). The quantitative estimate of drug-likeness (QED) is 0.480. The number of anilines is 1. The van der Waals surface area contributed by atoms with Gasteiger partial charge in [0.2, 0.25) is 0 Å². The average molecular weight is 445 g/mol. The van der Waals surface area contributed by atoms with Crippen LogP contribution in [0.1, 0.15) is 27.3 Å². The number of aromatic nitrogens is 4. The van der Waals surface area contributed by atoms with E-state index in [-0.39, 0.29) is 5.91 Å². The molecule has 1 fully saturated rings. The number of carbonyl (C=O) groups is 1. The highest BCUT2D eigenvalue weighted by molar-refractivity contribution is 5.94. The van der Waals surface area contributed by atoms with Gasteiger partial charge in [0.15, 0.2) is 5.65 Å². The minimum absolute atomic E-state index is 0.152. The van der Waals surface area contributed by atoms with Crippen molar-refractivity contribution in [1.82, 2.24) is 24.6 Å². The fourth-order valence-corrected chi connectivity index (χ4v) is 4.38. The summed E-state index contributed by atoms with van der Waals surface area (Å²) < 4.78 is 15.4. The van der Waals surface area contributed by atoms with Gasteiger partial charge in [0.25, 0.3) is 5.91 Å². The molecule has 0 unspecified atom stereocenters. The van der Waals surface area contributed by atoms with Crippen molar-refractivity contribution >= 4 is 22.8 Å². The maximum atomic E-state index is 13.5. The van der Waals surface area contributed by atoms with Gasteiger partial charge in [-0.05, 0) is 50.6 Å². The number of carbonyl (C=O) groups excluding carboxylic acids is 1. The Bertz CT molecular complexity index is 1360. The van der Waals surface area contributed by atoms with E-state index in [2.05, 4.69) is 47.0 Å². The molecule has 0 N–H and O–H groups in total. The molecule has 1 aliphatic rings. The smallest absolute Gasteiger partial charge is 0.254 e. The molecule has 0 bridgehead atoms. The SMILES string of the molecule is Cc1ccc(-n2ncc3c(N4CCN(C(=O)c5cccc(F)c5)CC4)nc(C)nc32)c(C)c1. The van der Waals surface area contributed by atoms with Crippen molar-refractivity contribution in [3.05, 3.63) is 77.0 Å². The number of amides is 1. The number of halogens is 1. The van der Waals surface area contributed by atoms with E-state index in [9.17, 15) is 9.18 Å². The molecular weight excluding hydrogens is 419 g/mol. The molecule has 2 aromatic heterocycles. The predicted molar refractivity (Wildman–Crippen MR) is 125 cm³/mol. The predicted octanol–water partition coefficient (Wildman–Crippen LogP) is 3.84. The van der Waals surface area contributed by atoms with Gasteiger partial charge >= 0.3 is 0 Å². The molecule has 33 heavy (non-hydrogen) atoms. The number of benzene rings is 2. The van der Waals surface area contributed by atoms with Gasteiger partial charge in [-0.15, -0.1) is 0 Å². The van der Waals surface area contributed by atoms with Crippen molar-refractivity contribution in [3.8, 4) is 5.69 Å². The van der Waals surface area contributed by atoms with Gasteiger partial charge in [-0.25, -0.2) is 19.0 Å². The lowest BCUT2D eigenvalue weighted by atomic mass is 10.1. The molecule has 0 radical (unpaired) electrons. The van der Waals surface area contributed by atoms with Crippen LogP contribution >= 0.6 is 0 Å². The Morgan fingerprint density at radius 2 is 1.76 bits per heavy atom. The van der Waals surface area contributed by atoms with Gasteiger partial charge in [-0.1, -0.05) is 23.8 Å². The Labute approximate surface area is 191 Å². The third kappa shape index (κ3) is 3.92. The fourth-order valence-electron chi connectivity index (χ4n) is 4.38. The highest BCUT2D eigenvalue weighted by Crippen LogP contribution is 2.28. The molecule has 3 heterocycles. The fraction of sp³-hybridized carbons (Fsp3) is 0.280. The highest BCUT2D eigenvalue weighted by atomic mass is 19.1. The molecule has 1 saturated heterocycles. The number of hydrogen-bond donors (Lipinski definition) is 0. The first kappa shape index (κ1) is 21.1. The van der Waals surface area contributed by atoms with E-state index >= 15 is 0 Å². The van der Waals surface area contributed by atoms with Crippen molar-refractivity contribution in [2.75, 3.05) is 31.1 Å². The Morgan fingerprint density at radius 1 is 0.970 bits per heavy atom. The largest absolute Gasteiger partial charge is 0.352 e. The van der Waals surface area contributed by atoms with Crippen molar-refractivity contribution < 1.29 is 9.18 Å². The number of aryl methyl sites for hydroxylation is 3. The van der Waals surface area contributed by atoms with E-state index < -0.39 is 5.82 Å². The second-order valence-electron chi connectivity index (χ2n) is 8.47. The molecule has 1 aliphatic heterocycles. The third-order valence-corrected chi connectivity index (χ3v) is 6.04. The van der Waals surface area contributed by atoms with E-state index in [4.69, 9.17) is 4.98 Å². The molecule has 8 heteroatoms. The third-order valence-electron chi connectivity index (χ3n) is 6.04. The first-order chi connectivity index (χ1) is 15.9. The number of nitrogens with zero attached hydrogens (tertiary/aromatic N) is 6. The van der Waals surface area contributed by atoms with E-state index in [0.29, 0.717) is 37.6 Å². The van der Waals surface area contributed by atoms with Crippen LogP contribution in [0.25, 0.3) is 16.7 Å². The Balaban J connectivity index is 1.42. The van der Waals surface area contributed by atoms with Crippen LogP contribution in [0.2, 0.25) is 0 Å². The molecule has 0 aliphatic carbocycles. The zero-order valence-corrected chi connectivity index (χ0v) is 18.9. The van der Waals surface area contributed by atoms with Gasteiger partial charge in [-0.2, -0.15) is 5.10 Å². The maximum Gasteiger partial charge on any atom is 0.254 e. The van der Waals surface area contributed by atoms with Crippen LogP contribution in [0.15, 0.2) is 48.7 Å². The number of hydrogen-bond acceptors (Lipinski definition) is 5. The summed E-state index contributed by atoms with van der Waals surface area (Å²) in [5.41, 5.74) is 4.46. The summed E-state index contributed by atoms with van der Waals surface area (Å²) in [6.45, 7) is 8.34. The van der Waals surface area contributed by atoms with Gasteiger partial charge in [0.1, 0.15) is 17.5 Å². The summed E-state index contributed by atoms with van der Waals surface area (Å²) >= 11 is 0. The van der Waals surface area contributed by atoms with Crippen molar-refractivity contribution in [3.63, 3.8) is 0 Å². The van der Waals surface area contributed by atoms with Crippen molar-refractivity contribution in [2.45, 2.75) is 20.8 Å². The molecule has 2 aromatic carbocycles. The zero-order valence-electron chi connectivity index (χ0n) is 18.9. The summed E-state index contributed by atoms with van der Waals surface area (Å²) in [5.74, 6) is 0.939. The summed E-state index contributed by atoms with van der Waals surface area (Å²) in [4.78, 5) is 26.1. The van der Waals surface area contributed by atoms with Gasteiger partial charge < -0.3 is 9.80 Å². The molecule has 7 nitrogen and oxygen atoms in total. The zero-order chi connectivity index (χ0) is 23.1. The molecule has 0 atom stereocenters. The standard InChI is InChI=1S/C25H25FN6O/c1-16-7-8-22(17(2)13-16)32-24-21(15-27-32)23(28-18(3)29-24)30-9-11-31(12-10-30)25(33)19-5-4-6-20(26)14-19/h4-8,13-15H,9-12H2,1-3H3. The van der Waals surface area contributed by atoms with Crippen LogP contribution in [-0.4, -0.2) is 56.7 Å². The molecule has 1 amide bonds. The second-order valence-corrected chi connectivity index (χ2v) is 8.47. The van der Waals surface area contributed by atoms with Crippen molar-refractivity contribution in [2.24, 2.45) is 0 Å². The maximum absolute atomic E-state index is 13.5. The Kier molecular flexibility index (Phi) is 5.28. The van der Waals surface area contributed by atoms with Gasteiger partial charge in [0, 0.05) is 31.7 Å². The highest BCUT2D eigenvalue weighted by Gasteiger charge is 2.25. The van der Waals surface area contributed by atoms with Crippen LogP contribution in [0, 0.1) is 26.6 Å². The lowest BCUT2D eigenvalue weighted by molar-refractivity contribution is 0.0746. The lowest BCUT2D eigenvalue weighted by Crippen LogP contribution is -2.49. The van der Waals surface area contributed by atoms with Gasteiger partial charge in [0.05, 0.1) is 17.3 Å².